The SMILES string of the molecule is C/C=C/N=C(/C(F)=C/n1c(C)cc(C(C)Cc2cnn(C(O)(O)O)n2)c(Cl)c1=O)c1ccc(F)c(-n2c(C)nnc2C)c1F. The molecule has 44 heavy (non-hydrogen) atoms. The third kappa shape index (κ3) is 6.40. The van der Waals surface area contributed by atoms with E-state index in [1.807, 2.05) is 0 Å². The van der Waals surface area contributed by atoms with Gasteiger partial charge in [0.1, 0.15) is 33.9 Å². The highest BCUT2D eigenvalue weighted by molar-refractivity contribution is 6.31. The lowest BCUT2D eigenvalue weighted by molar-refractivity contribution is -0.387. The van der Waals surface area contributed by atoms with E-state index >= 15 is 8.78 Å². The van der Waals surface area contributed by atoms with Crippen molar-refractivity contribution in [3.05, 3.63) is 104 Å². The molecule has 16 heteroatoms. The maximum absolute atomic E-state index is 15.9. The first-order chi connectivity index (χ1) is 20.6. The molecule has 0 radical (unpaired) electrons. The molecule has 1 atom stereocenters. The smallest absolute Gasteiger partial charge is 0.323 e. The van der Waals surface area contributed by atoms with Crippen molar-refractivity contribution in [1.29, 1.82) is 0 Å². The van der Waals surface area contributed by atoms with Gasteiger partial charge in [-0.1, -0.05) is 29.4 Å². The Labute approximate surface area is 253 Å². The molecule has 0 aliphatic rings. The van der Waals surface area contributed by atoms with Crippen molar-refractivity contribution in [2.24, 2.45) is 4.99 Å². The summed E-state index contributed by atoms with van der Waals surface area (Å²) < 4.78 is 48.8. The summed E-state index contributed by atoms with van der Waals surface area (Å²) in [5.41, 5.74) is -1.29. The lowest BCUT2D eigenvalue weighted by Gasteiger charge is -2.16. The fraction of sp³-hybridized carbons (Fsp3) is 0.286. The third-order valence-electron chi connectivity index (χ3n) is 6.61. The number of pyridine rings is 1. The Morgan fingerprint density at radius 3 is 2.41 bits per heavy atom. The Bertz CT molecular complexity index is 1850. The molecule has 1 unspecified atom stereocenters. The number of aliphatic imine (C=N–C) groups is 1. The van der Waals surface area contributed by atoms with Gasteiger partial charge in [0.2, 0.25) is 0 Å². The molecule has 3 heterocycles. The Balaban J connectivity index is 1.76. The minimum atomic E-state index is -3.28. The Morgan fingerprint density at radius 1 is 1.16 bits per heavy atom. The van der Waals surface area contributed by atoms with E-state index in [-0.39, 0.29) is 40.0 Å². The number of aliphatic hydroxyl groups is 3. The van der Waals surface area contributed by atoms with Crippen LogP contribution < -0.4 is 5.56 Å². The largest absolute Gasteiger partial charge is 0.405 e. The van der Waals surface area contributed by atoms with Gasteiger partial charge in [0.05, 0.1) is 18.1 Å². The Morgan fingerprint density at radius 2 is 1.82 bits per heavy atom. The van der Waals surface area contributed by atoms with Gasteiger partial charge in [0.15, 0.2) is 11.6 Å². The van der Waals surface area contributed by atoms with Gasteiger partial charge in [-0.3, -0.25) is 18.9 Å². The molecule has 4 rings (SSSR count). The van der Waals surface area contributed by atoms with Crippen molar-refractivity contribution in [1.82, 2.24) is 34.3 Å². The van der Waals surface area contributed by atoms with Crippen molar-refractivity contribution >= 4 is 23.5 Å². The van der Waals surface area contributed by atoms with Gasteiger partial charge in [-0.2, -0.15) is 10.2 Å². The monoisotopic (exact) mass is 632 g/mol. The van der Waals surface area contributed by atoms with E-state index in [4.69, 9.17) is 11.6 Å². The standard InChI is InChI=1S/C28H28ClF3N8O4/c1-6-9-33-25(19-7-8-21(30)26(24(19)32)39-16(4)35-36-17(39)5)22(31)13-38-15(3)11-20(23(29)27(38)41)14(2)10-18-12-34-40(37-18)28(42,43)44/h6-9,11-14,42-44H,10H2,1-5H3/b9-6+,22-13-,33-25+. The predicted molar refractivity (Wildman–Crippen MR) is 155 cm³/mol. The van der Waals surface area contributed by atoms with E-state index in [0.29, 0.717) is 10.4 Å². The average Bonchev–Trinajstić information content (AvgIpc) is 3.56. The Hall–Kier alpha value is -4.44. The van der Waals surface area contributed by atoms with Crippen molar-refractivity contribution in [3.8, 4) is 5.69 Å². The number of halogens is 4. The van der Waals surface area contributed by atoms with Gasteiger partial charge >= 0.3 is 6.10 Å². The van der Waals surface area contributed by atoms with Crippen molar-refractivity contribution in [3.63, 3.8) is 0 Å². The molecular weight excluding hydrogens is 605 g/mol. The van der Waals surface area contributed by atoms with E-state index in [1.54, 1.807) is 19.9 Å². The molecule has 0 bridgehead atoms. The van der Waals surface area contributed by atoms with Crippen molar-refractivity contribution in [2.75, 3.05) is 0 Å². The van der Waals surface area contributed by atoms with E-state index in [1.165, 1.54) is 39.2 Å². The molecule has 0 amide bonds. The minimum Gasteiger partial charge on any atom is -0.323 e. The summed E-state index contributed by atoms with van der Waals surface area (Å²) in [4.78, 5) is 17.6. The summed E-state index contributed by atoms with van der Waals surface area (Å²) in [5.74, 6) is -3.20. The second kappa shape index (κ2) is 12.7. The number of rotatable bonds is 9. The number of nitrogens with zero attached hydrogens (tertiary/aromatic N) is 8. The van der Waals surface area contributed by atoms with Crippen LogP contribution in [-0.2, 0) is 12.5 Å². The highest BCUT2D eigenvalue weighted by atomic mass is 35.5. The highest BCUT2D eigenvalue weighted by Gasteiger charge is 2.26. The van der Waals surface area contributed by atoms with Crippen LogP contribution in [0.1, 0.15) is 53.9 Å². The summed E-state index contributed by atoms with van der Waals surface area (Å²) in [6.07, 6.45) is 1.57. The zero-order chi connectivity index (χ0) is 32.5. The fourth-order valence-electron chi connectivity index (χ4n) is 4.53. The topological polar surface area (TPSA) is 156 Å². The first-order valence-corrected chi connectivity index (χ1v) is 13.5. The number of allylic oxidation sites excluding steroid dienone is 2. The second-order valence-corrected chi connectivity index (χ2v) is 10.3. The molecule has 0 spiro atoms. The zero-order valence-electron chi connectivity index (χ0n) is 24.2. The van der Waals surface area contributed by atoms with Crippen LogP contribution >= 0.6 is 11.6 Å². The molecule has 0 aliphatic heterocycles. The van der Waals surface area contributed by atoms with Crippen LogP contribution in [0.5, 0.6) is 0 Å². The molecule has 0 fully saturated rings. The maximum Gasteiger partial charge on any atom is 0.405 e. The van der Waals surface area contributed by atoms with Gasteiger partial charge in [-0.15, -0.1) is 10.2 Å². The van der Waals surface area contributed by atoms with Crippen LogP contribution in [0.2, 0.25) is 5.02 Å². The minimum absolute atomic E-state index is 0.139. The van der Waals surface area contributed by atoms with Gasteiger partial charge in [-0.25, -0.2) is 13.2 Å². The molecule has 12 nitrogen and oxygen atoms in total. The molecule has 0 saturated heterocycles. The van der Waals surface area contributed by atoms with Crippen LogP contribution in [0.3, 0.4) is 0 Å². The molecule has 3 N–H and O–H groups in total. The summed E-state index contributed by atoms with van der Waals surface area (Å²) in [6.45, 7) is 7.89. The lowest BCUT2D eigenvalue weighted by Crippen LogP contribution is -2.34. The summed E-state index contributed by atoms with van der Waals surface area (Å²) in [6, 6.07) is 3.56. The van der Waals surface area contributed by atoms with Gasteiger partial charge in [-0.05, 0) is 63.8 Å². The summed E-state index contributed by atoms with van der Waals surface area (Å²) in [7, 11) is 0. The van der Waals surface area contributed by atoms with Crippen LogP contribution in [-0.4, -0.2) is 55.4 Å². The quantitative estimate of drug-likeness (QED) is 0.187. The second-order valence-electron chi connectivity index (χ2n) is 9.89. The number of hydrogen-bond donors (Lipinski definition) is 3. The molecule has 1 aromatic carbocycles. The predicted octanol–water partition coefficient (Wildman–Crippen LogP) is 3.56. The van der Waals surface area contributed by atoms with Crippen LogP contribution in [0.4, 0.5) is 13.2 Å². The Kier molecular flexibility index (Phi) is 9.34. The number of hydrogen-bond acceptors (Lipinski definition) is 9. The summed E-state index contributed by atoms with van der Waals surface area (Å²) >= 11 is 6.42. The van der Waals surface area contributed by atoms with Crippen molar-refractivity contribution < 1.29 is 28.5 Å². The van der Waals surface area contributed by atoms with Gasteiger partial charge in [0, 0.05) is 17.5 Å². The number of aromatic nitrogens is 7. The zero-order valence-corrected chi connectivity index (χ0v) is 24.9. The number of aryl methyl sites for hydroxylation is 3. The third-order valence-corrected chi connectivity index (χ3v) is 6.99. The average molecular weight is 633 g/mol. The van der Waals surface area contributed by atoms with E-state index in [9.17, 15) is 24.5 Å². The van der Waals surface area contributed by atoms with Crippen LogP contribution in [0.15, 0.2) is 52.3 Å². The van der Waals surface area contributed by atoms with Gasteiger partial charge < -0.3 is 15.3 Å². The van der Waals surface area contributed by atoms with Crippen LogP contribution in [0.25, 0.3) is 11.9 Å². The molecule has 4 aromatic rings. The highest BCUT2D eigenvalue weighted by Crippen LogP contribution is 2.28. The maximum atomic E-state index is 15.9. The normalized spacial score (nSPS) is 13.7. The lowest BCUT2D eigenvalue weighted by atomic mass is 9.96. The first-order valence-electron chi connectivity index (χ1n) is 13.1. The van der Waals surface area contributed by atoms with Crippen molar-refractivity contribution in [2.45, 2.75) is 53.1 Å². The first kappa shape index (κ1) is 32.5. The molecule has 3 aromatic heterocycles. The van der Waals surface area contributed by atoms with Gasteiger partial charge in [0.25, 0.3) is 5.56 Å². The van der Waals surface area contributed by atoms with E-state index < -0.39 is 46.4 Å². The fourth-order valence-corrected chi connectivity index (χ4v) is 4.86. The molecule has 0 aliphatic carbocycles. The van der Waals surface area contributed by atoms with E-state index in [0.717, 1.165) is 27.5 Å². The molecule has 232 valence electrons. The number of benzene rings is 1. The molecule has 0 saturated carbocycles. The van der Waals surface area contributed by atoms with E-state index in [2.05, 4.69) is 25.4 Å². The summed E-state index contributed by atoms with van der Waals surface area (Å²) in [5, 5.41) is 42.5. The van der Waals surface area contributed by atoms with Crippen LogP contribution in [0, 0.1) is 32.4 Å². The molecular formula is C28H28ClF3N8O4.